The van der Waals surface area contributed by atoms with Crippen LogP contribution in [0.4, 0.5) is 5.69 Å². The molecule has 0 aliphatic carbocycles. The van der Waals surface area contributed by atoms with Crippen LogP contribution < -0.4 is 11.0 Å². The molecule has 4 aromatic rings. The van der Waals surface area contributed by atoms with E-state index < -0.39 is 22.4 Å². The van der Waals surface area contributed by atoms with E-state index in [-0.39, 0.29) is 52.6 Å². The van der Waals surface area contributed by atoms with Gasteiger partial charge >= 0.3 is 5.97 Å². The highest BCUT2D eigenvalue weighted by Gasteiger charge is 2.21. The first-order chi connectivity index (χ1) is 19.1. The average molecular weight is 548 g/mol. The van der Waals surface area contributed by atoms with Gasteiger partial charge in [-0.05, 0) is 58.4 Å². The zero-order valence-corrected chi connectivity index (χ0v) is 22.6. The van der Waals surface area contributed by atoms with Crippen molar-refractivity contribution in [1.29, 1.82) is 0 Å². The molecule has 0 bridgehead atoms. The van der Waals surface area contributed by atoms with Gasteiger partial charge in [-0.2, -0.15) is 4.99 Å². The van der Waals surface area contributed by atoms with E-state index in [9.17, 15) is 24.5 Å². The maximum atomic E-state index is 13.5. The summed E-state index contributed by atoms with van der Waals surface area (Å²) >= 11 is 0. The summed E-state index contributed by atoms with van der Waals surface area (Å²) in [5.41, 5.74) is 0.109. The smallest absolute Gasteiger partial charge is 0.341 e. The van der Waals surface area contributed by atoms with Crippen LogP contribution in [0.1, 0.15) is 53.5 Å². The largest absolute Gasteiger partial charge is 0.462 e. The number of nitrogens with zero attached hydrogens (tertiary/aromatic N) is 5. The molecule has 4 rings (SSSR count). The second-order valence-corrected chi connectivity index (χ2v) is 9.29. The van der Waals surface area contributed by atoms with Crippen LogP contribution in [0.3, 0.4) is 0 Å². The first-order valence-electron chi connectivity index (χ1n) is 12.8. The molecular formula is C28H29N5O7. The summed E-state index contributed by atoms with van der Waals surface area (Å²) < 4.78 is 13.8. The minimum Gasteiger partial charge on any atom is -0.462 e. The number of nitro benzene ring substituents is 1. The third-order valence-electron chi connectivity index (χ3n) is 6.12. The number of carbonyl (C=O) groups is 2. The van der Waals surface area contributed by atoms with E-state index in [4.69, 9.17) is 9.47 Å². The van der Waals surface area contributed by atoms with E-state index in [1.807, 2.05) is 13.8 Å². The minimum absolute atomic E-state index is 0.0117. The molecule has 0 saturated carbocycles. The molecule has 0 unspecified atom stereocenters. The number of aromatic nitrogens is 3. The Labute approximate surface area is 228 Å². The van der Waals surface area contributed by atoms with Crippen molar-refractivity contribution in [2.45, 2.75) is 46.8 Å². The van der Waals surface area contributed by atoms with Crippen molar-refractivity contribution >= 4 is 34.2 Å². The lowest BCUT2D eigenvalue weighted by Crippen LogP contribution is -2.33. The van der Waals surface area contributed by atoms with Crippen molar-refractivity contribution in [3.05, 3.63) is 91.3 Å². The maximum absolute atomic E-state index is 13.5. The van der Waals surface area contributed by atoms with E-state index in [0.29, 0.717) is 24.2 Å². The zero-order valence-electron chi connectivity index (χ0n) is 22.6. The van der Waals surface area contributed by atoms with E-state index in [2.05, 4.69) is 9.98 Å². The van der Waals surface area contributed by atoms with Gasteiger partial charge in [-0.15, -0.1) is 0 Å². The Morgan fingerprint density at radius 1 is 1.18 bits per heavy atom. The second-order valence-electron chi connectivity index (χ2n) is 9.29. The average Bonchev–Trinajstić information content (AvgIpc) is 2.92. The summed E-state index contributed by atoms with van der Waals surface area (Å²) in [7, 11) is 0. The van der Waals surface area contributed by atoms with Gasteiger partial charge in [0.25, 0.3) is 17.2 Å². The van der Waals surface area contributed by atoms with Gasteiger partial charge in [-0.3, -0.25) is 24.1 Å². The Morgan fingerprint density at radius 2 is 1.95 bits per heavy atom. The number of rotatable bonds is 9. The van der Waals surface area contributed by atoms with Crippen molar-refractivity contribution < 1.29 is 24.0 Å². The quantitative estimate of drug-likeness (QED) is 0.102. The fourth-order valence-corrected chi connectivity index (χ4v) is 4.21. The molecule has 3 aromatic heterocycles. The number of ether oxygens (including phenoxy) is 2. The fourth-order valence-electron chi connectivity index (χ4n) is 4.21. The summed E-state index contributed by atoms with van der Waals surface area (Å²) in [5, 5.41) is 11.6. The van der Waals surface area contributed by atoms with Crippen LogP contribution in [0.5, 0.6) is 0 Å². The first-order valence-corrected chi connectivity index (χ1v) is 12.8. The van der Waals surface area contributed by atoms with Crippen LogP contribution in [0.2, 0.25) is 0 Å². The van der Waals surface area contributed by atoms with Crippen LogP contribution in [0, 0.1) is 17.0 Å². The lowest BCUT2D eigenvalue weighted by Gasteiger charge is -2.15. The molecule has 0 atom stereocenters. The number of hydrogen-bond acceptors (Lipinski definition) is 8. The van der Waals surface area contributed by atoms with E-state index in [1.165, 1.54) is 27.2 Å². The zero-order chi connectivity index (χ0) is 29.0. The van der Waals surface area contributed by atoms with Crippen LogP contribution in [-0.2, 0) is 16.0 Å². The van der Waals surface area contributed by atoms with Gasteiger partial charge in [0.05, 0.1) is 23.0 Å². The van der Waals surface area contributed by atoms with Gasteiger partial charge in [0.15, 0.2) is 5.49 Å². The van der Waals surface area contributed by atoms with E-state index in [1.54, 1.807) is 38.2 Å². The number of benzene rings is 1. The minimum atomic E-state index is -0.808. The summed E-state index contributed by atoms with van der Waals surface area (Å²) in [6.45, 7) is 7.61. The van der Waals surface area contributed by atoms with E-state index >= 15 is 0 Å². The molecule has 208 valence electrons. The SMILES string of the molecule is CCOC(=O)c1cc2c(=O)n3ccccc3nc2n(CCCOC(C)C)c1=NC(=O)c1ccc(C)c([N+](=O)[O-])c1. The third-order valence-corrected chi connectivity index (χ3v) is 6.12. The first kappa shape index (κ1) is 28.3. The number of nitro groups is 1. The summed E-state index contributed by atoms with van der Waals surface area (Å²) in [5.74, 6) is -1.59. The maximum Gasteiger partial charge on any atom is 0.341 e. The molecule has 0 spiro atoms. The van der Waals surface area contributed by atoms with Crippen LogP contribution in [0.15, 0.2) is 58.4 Å². The van der Waals surface area contributed by atoms with Gasteiger partial charge in [-0.1, -0.05) is 12.1 Å². The molecule has 1 aromatic carbocycles. The highest BCUT2D eigenvalue weighted by Crippen LogP contribution is 2.20. The molecule has 0 aliphatic rings. The molecule has 0 fully saturated rings. The summed E-state index contributed by atoms with van der Waals surface area (Å²) in [6.07, 6.45) is 2.01. The molecule has 0 radical (unpaired) electrons. The molecule has 12 nitrogen and oxygen atoms in total. The fraction of sp³-hybridized carbons (Fsp3) is 0.321. The number of pyridine rings is 2. The normalized spacial score (nSPS) is 11.9. The van der Waals surface area contributed by atoms with Gasteiger partial charge in [0.1, 0.15) is 16.9 Å². The monoisotopic (exact) mass is 547 g/mol. The number of hydrogen-bond donors (Lipinski definition) is 0. The van der Waals surface area contributed by atoms with Gasteiger partial charge < -0.3 is 14.0 Å². The number of fused-ring (bicyclic) bond motifs is 2. The predicted octanol–water partition coefficient (Wildman–Crippen LogP) is 3.60. The standard InChI is InChI=1S/C28H29N5O7/c1-5-39-28(36)21-16-20-24(29-23-9-6-7-12-31(23)27(20)35)32(13-8-14-40-17(2)3)25(21)30-26(34)19-11-10-18(4)22(15-19)33(37)38/h6-7,9-12,15-17H,5,8,13-14H2,1-4H3. The summed E-state index contributed by atoms with van der Waals surface area (Å²) in [4.78, 5) is 59.7. The number of carbonyl (C=O) groups excluding carboxylic acids is 2. The highest BCUT2D eigenvalue weighted by atomic mass is 16.6. The Balaban J connectivity index is 2.03. The Morgan fingerprint density at radius 3 is 2.65 bits per heavy atom. The van der Waals surface area contributed by atoms with Crippen LogP contribution >= 0.6 is 0 Å². The van der Waals surface area contributed by atoms with Crippen molar-refractivity contribution in [1.82, 2.24) is 14.0 Å². The number of esters is 1. The molecular weight excluding hydrogens is 518 g/mol. The number of amides is 1. The number of aryl methyl sites for hydroxylation is 2. The Bertz CT molecular complexity index is 1750. The van der Waals surface area contributed by atoms with E-state index in [0.717, 1.165) is 6.07 Å². The lowest BCUT2D eigenvalue weighted by molar-refractivity contribution is -0.385. The lowest BCUT2D eigenvalue weighted by atomic mass is 10.1. The Kier molecular flexibility index (Phi) is 8.49. The molecule has 1 amide bonds. The Hall–Kier alpha value is -4.71. The van der Waals surface area contributed by atoms with Crippen LogP contribution in [-0.4, -0.2) is 50.1 Å². The predicted molar refractivity (Wildman–Crippen MR) is 146 cm³/mol. The van der Waals surface area contributed by atoms with Crippen molar-refractivity contribution in [3.8, 4) is 0 Å². The second kappa shape index (κ2) is 12.0. The molecule has 40 heavy (non-hydrogen) atoms. The van der Waals surface area contributed by atoms with Crippen molar-refractivity contribution in [2.24, 2.45) is 4.99 Å². The molecule has 3 heterocycles. The van der Waals surface area contributed by atoms with Crippen LogP contribution in [0.25, 0.3) is 16.7 Å². The van der Waals surface area contributed by atoms with Crippen molar-refractivity contribution in [3.63, 3.8) is 0 Å². The third kappa shape index (κ3) is 5.81. The van der Waals surface area contributed by atoms with Gasteiger partial charge in [0, 0.05) is 36.5 Å². The highest BCUT2D eigenvalue weighted by molar-refractivity contribution is 5.97. The van der Waals surface area contributed by atoms with Gasteiger partial charge in [0.2, 0.25) is 0 Å². The molecule has 12 heteroatoms. The van der Waals surface area contributed by atoms with Crippen molar-refractivity contribution in [2.75, 3.05) is 13.2 Å². The summed E-state index contributed by atoms with van der Waals surface area (Å²) in [6, 6.07) is 10.4. The topological polar surface area (TPSA) is 147 Å². The molecule has 0 aliphatic heterocycles. The molecule has 0 saturated heterocycles. The van der Waals surface area contributed by atoms with Gasteiger partial charge in [-0.25, -0.2) is 9.78 Å². The molecule has 0 N–H and O–H groups in total.